The van der Waals surface area contributed by atoms with Gasteiger partial charge >= 0.3 is 0 Å². The van der Waals surface area contributed by atoms with E-state index in [2.05, 4.69) is 16.2 Å². The van der Waals surface area contributed by atoms with Crippen molar-refractivity contribution in [2.45, 2.75) is 6.92 Å². The summed E-state index contributed by atoms with van der Waals surface area (Å²) < 4.78 is 1.65. The largest absolute Gasteiger partial charge is 0.236 e. The first kappa shape index (κ1) is 6.80. The van der Waals surface area contributed by atoms with Crippen molar-refractivity contribution in [3.63, 3.8) is 0 Å². The zero-order chi connectivity index (χ0) is 8.55. The Morgan fingerprint density at radius 1 is 1.58 bits per heavy atom. The van der Waals surface area contributed by atoms with Crippen LogP contribution in [0, 0.1) is 18.3 Å². The highest BCUT2D eigenvalue weighted by Gasteiger charge is 2.02. The maximum absolute atomic E-state index is 8.68. The molecule has 0 radical (unpaired) electrons. The quantitative estimate of drug-likeness (QED) is 0.572. The smallest absolute Gasteiger partial charge is 0.155 e. The van der Waals surface area contributed by atoms with Crippen LogP contribution in [-0.4, -0.2) is 14.6 Å². The first-order chi connectivity index (χ1) is 5.83. The van der Waals surface area contributed by atoms with Crippen LogP contribution in [0.4, 0.5) is 0 Å². The zero-order valence-electron chi connectivity index (χ0n) is 6.52. The Hall–Kier alpha value is -1.89. The van der Waals surface area contributed by atoms with Crippen molar-refractivity contribution < 1.29 is 0 Å². The fourth-order valence-electron chi connectivity index (χ4n) is 1.10. The summed E-state index contributed by atoms with van der Waals surface area (Å²) in [6, 6.07) is 3.85. The molecule has 4 heteroatoms. The predicted octanol–water partition coefficient (Wildman–Crippen LogP) is 0.909. The SMILES string of the molecule is Cc1c(C#N)cnc2ccnn12. The van der Waals surface area contributed by atoms with Crippen LogP contribution in [0.5, 0.6) is 0 Å². The molecule has 0 atom stereocenters. The van der Waals surface area contributed by atoms with Gasteiger partial charge in [0, 0.05) is 12.3 Å². The summed E-state index contributed by atoms with van der Waals surface area (Å²) in [7, 11) is 0. The van der Waals surface area contributed by atoms with Gasteiger partial charge in [0.15, 0.2) is 5.65 Å². The van der Waals surface area contributed by atoms with E-state index in [0.29, 0.717) is 5.56 Å². The number of aromatic nitrogens is 3. The number of fused-ring (bicyclic) bond motifs is 1. The zero-order valence-corrected chi connectivity index (χ0v) is 6.52. The molecule has 2 aromatic rings. The van der Waals surface area contributed by atoms with Crippen molar-refractivity contribution in [1.29, 1.82) is 5.26 Å². The molecular formula is C8H6N4. The Bertz CT molecular complexity index is 463. The fourth-order valence-corrected chi connectivity index (χ4v) is 1.10. The number of hydrogen-bond donors (Lipinski definition) is 0. The molecule has 12 heavy (non-hydrogen) atoms. The number of nitriles is 1. The third-order valence-corrected chi connectivity index (χ3v) is 1.78. The standard InChI is InChI=1S/C8H6N4/c1-6-7(4-9)5-10-8-2-3-11-12(6)8/h2-3,5H,1H3. The Balaban J connectivity index is 2.89. The molecule has 0 aliphatic rings. The van der Waals surface area contributed by atoms with Crippen molar-refractivity contribution in [2.75, 3.05) is 0 Å². The van der Waals surface area contributed by atoms with Crippen LogP contribution in [0.3, 0.4) is 0 Å². The van der Waals surface area contributed by atoms with Crippen molar-refractivity contribution in [3.05, 3.63) is 29.7 Å². The molecular weight excluding hydrogens is 152 g/mol. The summed E-state index contributed by atoms with van der Waals surface area (Å²) in [6.45, 7) is 1.85. The molecule has 0 N–H and O–H groups in total. The summed E-state index contributed by atoms with van der Waals surface area (Å²) >= 11 is 0. The van der Waals surface area contributed by atoms with Crippen LogP contribution in [0.25, 0.3) is 5.65 Å². The highest BCUT2D eigenvalue weighted by Crippen LogP contribution is 2.06. The molecule has 0 aliphatic heterocycles. The molecule has 0 amide bonds. The number of rotatable bonds is 0. The van der Waals surface area contributed by atoms with Gasteiger partial charge in [0.05, 0.1) is 17.5 Å². The van der Waals surface area contributed by atoms with Crippen LogP contribution in [-0.2, 0) is 0 Å². The lowest BCUT2D eigenvalue weighted by Crippen LogP contribution is -1.98. The minimum absolute atomic E-state index is 0.561. The number of aryl methyl sites for hydroxylation is 1. The van der Waals surface area contributed by atoms with E-state index < -0.39 is 0 Å². The maximum Gasteiger partial charge on any atom is 0.155 e. The summed E-state index contributed by atoms with van der Waals surface area (Å²) in [4.78, 5) is 4.05. The summed E-state index contributed by atoms with van der Waals surface area (Å²) in [5.41, 5.74) is 2.16. The average molecular weight is 158 g/mol. The Morgan fingerprint density at radius 3 is 3.17 bits per heavy atom. The van der Waals surface area contributed by atoms with Gasteiger partial charge in [0.25, 0.3) is 0 Å². The van der Waals surface area contributed by atoms with Crippen LogP contribution in [0.15, 0.2) is 18.5 Å². The molecule has 0 saturated heterocycles. The van der Waals surface area contributed by atoms with Crippen LogP contribution < -0.4 is 0 Å². The third kappa shape index (κ3) is 0.768. The van der Waals surface area contributed by atoms with E-state index in [1.165, 1.54) is 0 Å². The number of nitrogens with zero attached hydrogens (tertiary/aromatic N) is 4. The Morgan fingerprint density at radius 2 is 2.42 bits per heavy atom. The highest BCUT2D eigenvalue weighted by atomic mass is 15.2. The van der Waals surface area contributed by atoms with Gasteiger partial charge in [-0.05, 0) is 6.92 Å². The lowest BCUT2D eigenvalue weighted by molar-refractivity contribution is 0.889. The molecule has 0 saturated carbocycles. The first-order valence-corrected chi connectivity index (χ1v) is 3.52. The van der Waals surface area contributed by atoms with Crippen LogP contribution in [0.1, 0.15) is 11.3 Å². The lowest BCUT2D eigenvalue weighted by atomic mass is 10.3. The monoisotopic (exact) mass is 158 g/mol. The van der Waals surface area contributed by atoms with Gasteiger partial charge in [0.2, 0.25) is 0 Å². The molecule has 58 valence electrons. The summed E-state index contributed by atoms with van der Waals surface area (Å²) in [6.07, 6.45) is 3.23. The van der Waals surface area contributed by atoms with Gasteiger partial charge < -0.3 is 0 Å². The number of hydrogen-bond acceptors (Lipinski definition) is 3. The maximum atomic E-state index is 8.68. The van der Waals surface area contributed by atoms with Crippen molar-refractivity contribution in [3.8, 4) is 6.07 Å². The third-order valence-electron chi connectivity index (χ3n) is 1.78. The van der Waals surface area contributed by atoms with Gasteiger partial charge in [-0.3, -0.25) is 0 Å². The Labute approximate surface area is 69.1 Å². The van der Waals surface area contributed by atoms with Gasteiger partial charge in [-0.2, -0.15) is 10.4 Å². The van der Waals surface area contributed by atoms with Gasteiger partial charge in [0.1, 0.15) is 6.07 Å². The van der Waals surface area contributed by atoms with E-state index in [-0.39, 0.29) is 0 Å². The molecule has 2 aromatic heterocycles. The minimum Gasteiger partial charge on any atom is -0.236 e. The van der Waals surface area contributed by atoms with Crippen molar-refractivity contribution in [1.82, 2.24) is 14.6 Å². The second kappa shape index (κ2) is 2.31. The van der Waals surface area contributed by atoms with Crippen LogP contribution in [0.2, 0.25) is 0 Å². The molecule has 0 unspecified atom stereocenters. The topological polar surface area (TPSA) is 54.0 Å². The summed E-state index contributed by atoms with van der Waals surface area (Å²) in [5.74, 6) is 0. The van der Waals surface area contributed by atoms with Crippen molar-refractivity contribution in [2.24, 2.45) is 0 Å². The van der Waals surface area contributed by atoms with Gasteiger partial charge in [-0.15, -0.1) is 0 Å². The first-order valence-electron chi connectivity index (χ1n) is 3.52. The predicted molar refractivity (Wildman–Crippen MR) is 42.4 cm³/mol. The molecule has 4 nitrogen and oxygen atoms in total. The normalized spacial score (nSPS) is 10.0. The van der Waals surface area contributed by atoms with Crippen LogP contribution >= 0.6 is 0 Å². The van der Waals surface area contributed by atoms with E-state index in [4.69, 9.17) is 5.26 Å². The molecule has 2 rings (SSSR count). The molecule has 0 fully saturated rings. The van der Waals surface area contributed by atoms with Crippen molar-refractivity contribution >= 4 is 5.65 Å². The molecule has 2 heterocycles. The molecule has 0 aliphatic carbocycles. The van der Waals surface area contributed by atoms with E-state index in [9.17, 15) is 0 Å². The van der Waals surface area contributed by atoms with E-state index >= 15 is 0 Å². The lowest BCUT2D eigenvalue weighted by Gasteiger charge is -1.98. The van der Waals surface area contributed by atoms with E-state index in [1.807, 2.05) is 6.92 Å². The minimum atomic E-state index is 0.561. The second-order valence-corrected chi connectivity index (χ2v) is 2.47. The molecule has 0 bridgehead atoms. The average Bonchev–Trinajstić information content (AvgIpc) is 2.53. The Kier molecular flexibility index (Phi) is 1.31. The summed E-state index contributed by atoms with van der Waals surface area (Å²) in [5, 5.41) is 12.7. The van der Waals surface area contributed by atoms with Gasteiger partial charge in [-0.1, -0.05) is 0 Å². The van der Waals surface area contributed by atoms with E-state index in [1.54, 1.807) is 23.0 Å². The molecule has 0 aromatic carbocycles. The van der Waals surface area contributed by atoms with E-state index in [0.717, 1.165) is 11.3 Å². The molecule has 0 spiro atoms. The fraction of sp³-hybridized carbons (Fsp3) is 0.125. The second-order valence-electron chi connectivity index (χ2n) is 2.47. The highest BCUT2D eigenvalue weighted by molar-refractivity contribution is 5.42. The van der Waals surface area contributed by atoms with Gasteiger partial charge in [-0.25, -0.2) is 9.50 Å².